The van der Waals surface area contributed by atoms with Crippen molar-refractivity contribution in [3.8, 4) is 0 Å². The summed E-state index contributed by atoms with van der Waals surface area (Å²) >= 11 is 1.73. The Bertz CT molecular complexity index is 515. The fourth-order valence-corrected chi connectivity index (χ4v) is 3.45. The Labute approximate surface area is 120 Å². The van der Waals surface area contributed by atoms with E-state index in [0.29, 0.717) is 28.8 Å². The molecule has 0 bridgehead atoms. The summed E-state index contributed by atoms with van der Waals surface area (Å²) in [4.78, 5) is 0.298. The zero-order valence-corrected chi connectivity index (χ0v) is 13.3. The van der Waals surface area contributed by atoms with Crippen molar-refractivity contribution in [3.63, 3.8) is 0 Å². The third-order valence-electron chi connectivity index (χ3n) is 3.01. The number of hydrogen-bond acceptors (Lipinski definition) is 4. The molecule has 1 rings (SSSR count). The fourth-order valence-electron chi connectivity index (χ4n) is 1.71. The molecule has 0 saturated carbocycles. The van der Waals surface area contributed by atoms with Gasteiger partial charge in [-0.2, -0.15) is 11.8 Å². The molecule has 0 aliphatic heterocycles. The number of sulfonamides is 1. The topological polar surface area (TPSA) is 72.2 Å². The summed E-state index contributed by atoms with van der Waals surface area (Å²) in [6.45, 7) is 4.46. The maximum absolute atomic E-state index is 12.3. The number of aryl methyl sites for hydroxylation is 1. The molecule has 0 spiro atoms. The Morgan fingerprint density at radius 1 is 1.42 bits per heavy atom. The first-order valence-electron chi connectivity index (χ1n) is 6.31. The molecule has 1 atom stereocenters. The van der Waals surface area contributed by atoms with Crippen LogP contribution in [0.1, 0.15) is 25.8 Å². The predicted molar refractivity (Wildman–Crippen MR) is 83.0 cm³/mol. The maximum atomic E-state index is 12.3. The van der Waals surface area contributed by atoms with Crippen molar-refractivity contribution >= 4 is 27.5 Å². The van der Waals surface area contributed by atoms with Gasteiger partial charge in [0.2, 0.25) is 10.0 Å². The van der Waals surface area contributed by atoms with E-state index in [1.807, 2.05) is 13.2 Å². The lowest BCUT2D eigenvalue weighted by atomic mass is 10.1. The highest BCUT2D eigenvalue weighted by atomic mass is 32.2. The first kappa shape index (κ1) is 16.3. The lowest BCUT2D eigenvalue weighted by Gasteiger charge is -2.13. The molecular formula is C13H22N2O2S2. The van der Waals surface area contributed by atoms with Gasteiger partial charge in [-0.1, -0.05) is 19.9 Å². The average Bonchev–Trinajstić information content (AvgIpc) is 2.38. The molecule has 0 heterocycles. The van der Waals surface area contributed by atoms with Gasteiger partial charge in [0.15, 0.2) is 0 Å². The lowest BCUT2D eigenvalue weighted by Crippen LogP contribution is -2.27. The number of thioether (sulfide) groups is 1. The Morgan fingerprint density at radius 2 is 2.11 bits per heavy atom. The van der Waals surface area contributed by atoms with Gasteiger partial charge in [0.1, 0.15) is 0 Å². The molecule has 108 valence electrons. The lowest BCUT2D eigenvalue weighted by molar-refractivity contribution is 0.578. The number of nitrogen functional groups attached to an aromatic ring is 1. The van der Waals surface area contributed by atoms with Crippen molar-refractivity contribution in [2.45, 2.75) is 36.8 Å². The number of benzene rings is 1. The Balaban J connectivity index is 2.85. The van der Waals surface area contributed by atoms with E-state index in [4.69, 9.17) is 5.73 Å². The van der Waals surface area contributed by atoms with Gasteiger partial charge in [-0.15, -0.1) is 0 Å². The second-order valence-electron chi connectivity index (χ2n) is 4.45. The quantitative estimate of drug-likeness (QED) is 0.758. The standard InChI is InChI=1S/C13H22N2O2S2/c1-4-11-5-6-12(14)9-13(11)19(16,17)15-8-7-10(2)18-3/h5-6,9-10,15H,4,7-8,14H2,1-3H3. The zero-order valence-electron chi connectivity index (χ0n) is 11.6. The van der Waals surface area contributed by atoms with E-state index in [9.17, 15) is 8.42 Å². The summed E-state index contributed by atoms with van der Waals surface area (Å²) in [5.41, 5.74) is 6.94. The first-order valence-corrected chi connectivity index (χ1v) is 9.08. The molecule has 0 aliphatic carbocycles. The Morgan fingerprint density at radius 3 is 2.68 bits per heavy atom. The highest BCUT2D eigenvalue weighted by Crippen LogP contribution is 2.19. The Kier molecular flexibility index (Phi) is 6.16. The van der Waals surface area contributed by atoms with Crippen molar-refractivity contribution in [2.24, 2.45) is 0 Å². The molecule has 1 aromatic carbocycles. The van der Waals surface area contributed by atoms with Crippen LogP contribution in [-0.2, 0) is 16.4 Å². The highest BCUT2D eigenvalue weighted by molar-refractivity contribution is 7.99. The second kappa shape index (κ2) is 7.17. The SMILES string of the molecule is CCc1ccc(N)cc1S(=O)(=O)NCCC(C)SC. The molecule has 0 aromatic heterocycles. The number of anilines is 1. The van der Waals surface area contributed by atoms with Crippen LogP contribution in [0.5, 0.6) is 0 Å². The largest absolute Gasteiger partial charge is 0.399 e. The van der Waals surface area contributed by atoms with Crippen LogP contribution in [0, 0.1) is 0 Å². The Hall–Kier alpha value is -0.720. The van der Waals surface area contributed by atoms with Crippen molar-refractivity contribution < 1.29 is 8.42 Å². The molecule has 0 saturated heterocycles. The second-order valence-corrected chi connectivity index (χ2v) is 7.46. The van der Waals surface area contributed by atoms with E-state index < -0.39 is 10.0 Å². The molecule has 0 fully saturated rings. The first-order chi connectivity index (χ1) is 8.90. The summed E-state index contributed by atoms with van der Waals surface area (Å²) in [5.74, 6) is 0. The zero-order chi connectivity index (χ0) is 14.5. The fraction of sp³-hybridized carbons (Fsp3) is 0.538. The van der Waals surface area contributed by atoms with Crippen molar-refractivity contribution in [1.29, 1.82) is 0 Å². The van der Waals surface area contributed by atoms with E-state index in [0.717, 1.165) is 12.0 Å². The normalized spacial score (nSPS) is 13.4. The van der Waals surface area contributed by atoms with Gasteiger partial charge >= 0.3 is 0 Å². The van der Waals surface area contributed by atoms with E-state index >= 15 is 0 Å². The molecule has 0 radical (unpaired) electrons. The molecule has 4 nitrogen and oxygen atoms in total. The van der Waals surface area contributed by atoms with E-state index in [1.54, 1.807) is 23.9 Å². The van der Waals surface area contributed by atoms with E-state index in [2.05, 4.69) is 11.6 Å². The molecule has 1 aromatic rings. The molecule has 19 heavy (non-hydrogen) atoms. The number of rotatable bonds is 7. The monoisotopic (exact) mass is 302 g/mol. The molecular weight excluding hydrogens is 280 g/mol. The van der Waals surface area contributed by atoms with Gasteiger partial charge in [0.25, 0.3) is 0 Å². The molecule has 0 aliphatic rings. The number of nitrogens with two attached hydrogens (primary N) is 1. The van der Waals surface area contributed by atoms with Gasteiger partial charge in [0.05, 0.1) is 4.90 Å². The van der Waals surface area contributed by atoms with Gasteiger partial charge in [0, 0.05) is 17.5 Å². The average molecular weight is 302 g/mol. The van der Waals surface area contributed by atoms with Crippen molar-refractivity contribution in [2.75, 3.05) is 18.5 Å². The number of hydrogen-bond donors (Lipinski definition) is 2. The minimum atomic E-state index is -3.47. The number of nitrogens with one attached hydrogen (secondary N) is 1. The highest BCUT2D eigenvalue weighted by Gasteiger charge is 2.17. The molecule has 6 heteroatoms. The summed E-state index contributed by atoms with van der Waals surface area (Å²) in [6, 6.07) is 5.03. The van der Waals surface area contributed by atoms with Gasteiger partial charge in [-0.05, 0) is 36.8 Å². The van der Waals surface area contributed by atoms with Crippen LogP contribution in [0.2, 0.25) is 0 Å². The van der Waals surface area contributed by atoms with E-state index in [1.165, 1.54) is 6.07 Å². The van der Waals surface area contributed by atoms with Crippen LogP contribution >= 0.6 is 11.8 Å². The van der Waals surface area contributed by atoms with Crippen molar-refractivity contribution in [3.05, 3.63) is 23.8 Å². The minimum Gasteiger partial charge on any atom is -0.399 e. The minimum absolute atomic E-state index is 0.298. The molecule has 1 unspecified atom stereocenters. The third-order valence-corrected chi connectivity index (χ3v) is 5.59. The molecule has 0 amide bonds. The predicted octanol–water partition coefficient (Wildman–Crippen LogP) is 2.25. The van der Waals surface area contributed by atoms with E-state index in [-0.39, 0.29) is 0 Å². The van der Waals surface area contributed by atoms with Crippen molar-refractivity contribution in [1.82, 2.24) is 4.72 Å². The van der Waals surface area contributed by atoms with Crippen LogP contribution in [0.4, 0.5) is 5.69 Å². The molecule has 3 N–H and O–H groups in total. The van der Waals surface area contributed by atoms with Gasteiger partial charge in [-0.25, -0.2) is 13.1 Å². The smallest absolute Gasteiger partial charge is 0.240 e. The summed E-state index contributed by atoms with van der Waals surface area (Å²) in [5, 5.41) is 0.439. The summed E-state index contributed by atoms with van der Waals surface area (Å²) in [7, 11) is -3.47. The van der Waals surface area contributed by atoms with Crippen LogP contribution in [0.25, 0.3) is 0 Å². The van der Waals surface area contributed by atoms with Gasteiger partial charge in [-0.3, -0.25) is 0 Å². The van der Waals surface area contributed by atoms with Crippen LogP contribution in [0.3, 0.4) is 0 Å². The van der Waals surface area contributed by atoms with Gasteiger partial charge < -0.3 is 5.73 Å². The van der Waals surface area contributed by atoms with Crippen LogP contribution in [-0.4, -0.2) is 26.5 Å². The third kappa shape index (κ3) is 4.71. The summed E-state index contributed by atoms with van der Waals surface area (Å²) in [6.07, 6.45) is 3.49. The maximum Gasteiger partial charge on any atom is 0.240 e. The summed E-state index contributed by atoms with van der Waals surface area (Å²) < 4.78 is 27.2. The van der Waals surface area contributed by atoms with Crippen LogP contribution in [0.15, 0.2) is 23.1 Å². The van der Waals surface area contributed by atoms with Crippen LogP contribution < -0.4 is 10.5 Å².